The molecule has 0 unspecified atom stereocenters. The van der Waals surface area contributed by atoms with Crippen LogP contribution in [-0.2, 0) is 0 Å². The van der Waals surface area contributed by atoms with Crippen molar-refractivity contribution >= 4 is 28.1 Å². The van der Waals surface area contributed by atoms with Crippen LogP contribution in [0.2, 0.25) is 0 Å². The fraction of sp³-hybridized carbons (Fsp3) is 0.389. The predicted molar refractivity (Wildman–Crippen MR) is 109 cm³/mol. The van der Waals surface area contributed by atoms with Crippen LogP contribution in [0.25, 0.3) is 5.13 Å². The monoisotopic (exact) mass is 432 g/mol. The minimum absolute atomic E-state index is 0.0255. The molecule has 1 fully saturated rings. The second-order valence-corrected chi connectivity index (χ2v) is 7.78. The number of nitrogens with one attached hydrogen (secondary N) is 1. The first-order chi connectivity index (χ1) is 14.5. The van der Waals surface area contributed by atoms with Crippen molar-refractivity contribution in [1.29, 1.82) is 0 Å². The molecule has 1 atom stereocenters. The highest BCUT2D eigenvalue weighted by Crippen LogP contribution is 2.31. The normalized spacial score (nSPS) is 16.1. The molecule has 4 rings (SSSR count). The van der Waals surface area contributed by atoms with Crippen molar-refractivity contribution < 1.29 is 19.1 Å². The van der Waals surface area contributed by atoms with Gasteiger partial charge < -0.3 is 19.2 Å². The third-order valence-electron chi connectivity index (χ3n) is 4.85. The number of hydrogen-bond acceptors (Lipinski definition) is 10. The van der Waals surface area contributed by atoms with E-state index in [0.29, 0.717) is 23.9 Å². The van der Waals surface area contributed by atoms with Gasteiger partial charge in [-0.1, -0.05) is 11.3 Å². The van der Waals surface area contributed by atoms with Crippen LogP contribution < -0.4 is 20.6 Å². The van der Waals surface area contributed by atoms with Crippen molar-refractivity contribution in [2.24, 2.45) is 5.92 Å². The number of aliphatic hydroxyl groups is 1. The van der Waals surface area contributed by atoms with E-state index in [2.05, 4.69) is 20.6 Å². The highest BCUT2D eigenvalue weighted by atomic mass is 32.1. The van der Waals surface area contributed by atoms with Gasteiger partial charge in [0.25, 0.3) is 5.91 Å². The summed E-state index contributed by atoms with van der Waals surface area (Å²) in [6.07, 6.45) is 2.42. The first-order valence-electron chi connectivity index (χ1n) is 9.24. The second-order valence-electron chi connectivity index (χ2n) is 6.83. The summed E-state index contributed by atoms with van der Waals surface area (Å²) in [5, 5.41) is 24.8. The number of aryl methyl sites for hydroxylation is 1. The topological polar surface area (TPSA) is 136 Å². The van der Waals surface area contributed by atoms with Gasteiger partial charge in [-0.25, -0.2) is 9.48 Å². The number of carbonyl (C=O) groups is 1. The molecule has 2 N–H and O–H groups in total. The van der Waals surface area contributed by atoms with Crippen molar-refractivity contribution in [3.05, 3.63) is 40.2 Å². The number of anilines is 2. The van der Waals surface area contributed by atoms with Gasteiger partial charge in [-0.3, -0.25) is 10.1 Å². The Morgan fingerprint density at radius 3 is 2.97 bits per heavy atom. The molecule has 0 aromatic carbocycles. The van der Waals surface area contributed by atoms with Crippen LogP contribution in [0.15, 0.2) is 27.5 Å². The molecular formula is C18H20N6O5S. The maximum Gasteiger partial charge on any atom is 0.381 e. The molecule has 0 aliphatic carbocycles. The molecule has 1 amide bonds. The van der Waals surface area contributed by atoms with Crippen LogP contribution >= 0.6 is 11.3 Å². The van der Waals surface area contributed by atoms with E-state index in [9.17, 15) is 14.7 Å². The van der Waals surface area contributed by atoms with Crippen molar-refractivity contribution in [1.82, 2.24) is 20.0 Å². The molecule has 12 heteroatoms. The maximum atomic E-state index is 12.7. The average Bonchev–Trinajstić information content (AvgIpc) is 3.47. The zero-order chi connectivity index (χ0) is 21.3. The first kappa shape index (κ1) is 20.0. The van der Waals surface area contributed by atoms with Gasteiger partial charge in [-0.15, -0.1) is 10.2 Å². The number of aromatic nitrogens is 4. The molecule has 0 radical (unpaired) electrons. The van der Waals surface area contributed by atoms with Crippen molar-refractivity contribution in [2.45, 2.75) is 13.3 Å². The first-order valence-corrected chi connectivity index (χ1v) is 10.1. The molecule has 3 aromatic rings. The lowest BCUT2D eigenvalue weighted by Crippen LogP contribution is -2.25. The number of ether oxygens (including phenoxy) is 1. The Morgan fingerprint density at radius 1 is 1.47 bits per heavy atom. The van der Waals surface area contributed by atoms with Crippen molar-refractivity contribution in [2.75, 3.05) is 37.0 Å². The SMILES string of the molecule is COc1c(N2CC[C@@H](CO)C2)cc(C(=O)Nc2nnc(-n3nccc3C)s2)oc1=O. The number of hydrogen-bond donors (Lipinski definition) is 2. The predicted octanol–water partition coefficient (Wildman–Crippen LogP) is 1.06. The summed E-state index contributed by atoms with van der Waals surface area (Å²) < 4.78 is 12.0. The molecule has 1 saturated heterocycles. The van der Waals surface area contributed by atoms with E-state index in [0.717, 1.165) is 23.5 Å². The highest BCUT2D eigenvalue weighted by molar-refractivity contribution is 7.17. The molecule has 1 aliphatic rings. The molecule has 0 saturated carbocycles. The number of nitrogens with zero attached hydrogens (tertiary/aromatic N) is 5. The van der Waals surface area contributed by atoms with Gasteiger partial charge in [-0.05, 0) is 19.4 Å². The minimum Gasteiger partial charge on any atom is -0.488 e. The Bertz CT molecular complexity index is 1120. The third-order valence-corrected chi connectivity index (χ3v) is 5.66. The number of rotatable bonds is 6. The van der Waals surface area contributed by atoms with Gasteiger partial charge >= 0.3 is 5.63 Å². The van der Waals surface area contributed by atoms with E-state index in [4.69, 9.17) is 9.15 Å². The molecule has 30 heavy (non-hydrogen) atoms. The van der Waals surface area contributed by atoms with Gasteiger partial charge in [0, 0.05) is 43.6 Å². The number of methoxy groups -OCH3 is 1. The van der Waals surface area contributed by atoms with E-state index >= 15 is 0 Å². The number of aliphatic hydroxyl groups excluding tert-OH is 1. The summed E-state index contributed by atoms with van der Waals surface area (Å²) in [7, 11) is 1.37. The van der Waals surface area contributed by atoms with E-state index in [-0.39, 0.29) is 29.2 Å². The summed E-state index contributed by atoms with van der Waals surface area (Å²) in [5.74, 6) is -0.675. The zero-order valence-corrected chi connectivity index (χ0v) is 17.2. The Morgan fingerprint density at radius 2 is 2.30 bits per heavy atom. The fourth-order valence-electron chi connectivity index (χ4n) is 3.29. The molecule has 1 aliphatic heterocycles. The van der Waals surface area contributed by atoms with Crippen molar-refractivity contribution in [3.63, 3.8) is 0 Å². The number of carbonyl (C=O) groups excluding carboxylic acids is 1. The molecule has 0 bridgehead atoms. The summed E-state index contributed by atoms with van der Waals surface area (Å²) >= 11 is 1.14. The second kappa shape index (κ2) is 8.24. The molecule has 3 aromatic heterocycles. The summed E-state index contributed by atoms with van der Waals surface area (Å²) in [6.45, 7) is 3.12. The largest absolute Gasteiger partial charge is 0.488 e. The van der Waals surface area contributed by atoms with Crippen LogP contribution in [0.4, 0.5) is 10.8 Å². The smallest absolute Gasteiger partial charge is 0.381 e. The van der Waals surface area contributed by atoms with E-state index in [1.807, 2.05) is 17.9 Å². The quantitative estimate of drug-likeness (QED) is 0.586. The lowest BCUT2D eigenvalue weighted by molar-refractivity contribution is 0.0991. The molecule has 0 spiro atoms. The van der Waals surface area contributed by atoms with Gasteiger partial charge in [0.2, 0.25) is 16.0 Å². The van der Waals surface area contributed by atoms with E-state index in [1.54, 1.807) is 10.9 Å². The Kier molecular flexibility index (Phi) is 5.50. The van der Waals surface area contributed by atoms with Crippen LogP contribution in [-0.4, -0.2) is 57.8 Å². The number of amides is 1. The molecular weight excluding hydrogens is 412 g/mol. The van der Waals surface area contributed by atoms with Gasteiger partial charge in [0.1, 0.15) is 0 Å². The van der Waals surface area contributed by atoms with Crippen LogP contribution in [0.5, 0.6) is 5.75 Å². The summed E-state index contributed by atoms with van der Waals surface area (Å²) in [6, 6.07) is 3.29. The lowest BCUT2D eigenvalue weighted by atomic mass is 10.1. The van der Waals surface area contributed by atoms with E-state index in [1.165, 1.54) is 13.2 Å². The Balaban J connectivity index is 1.58. The Hall–Kier alpha value is -3.25. The van der Waals surface area contributed by atoms with Gasteiger partial charge in [-0.2, -0.15) is 5.10 Å². The third kappa shape index (κ3) is 3.78. The summed E-state index contributed by atoms with van der Waals surface area (Å²) in [4.78, 5) is 27.0. The van der Waals surface area contributed by atoms with Crippen molar-refractivity contribution in [3.8, 4) is 10.9 Å². The van der Waals surface area contributed by atoms with Crippen LogP contribution in [0.3, 0.4) is 0 Å². The fourth-order valence-corrected chi connectivity index (χ4v) is 4.04. The molecule has 11 nitrogen and oxygen atoms in total. The van der Waals surface area contributed by atoms with Crippen LogP contribution in [0.1, 0.15) is 22.7 Å². The van der Waals surface area contributed by atoms with Gasteiger partial charge in [0.15, 0.2) is 5.76 Å². The highest BCUT2D eigenvalue weighted by Gasteiger charge is 2.28. The van der Waals surface area contributed by atoms with E-state index < -0.39 is 11.5 Å². The minimum atomic E-state index is -0.752. The van der Waals surface area contributed by atoms with Gasteiger partial charge in [0.05, 0.1) is 12.8 Å². The zero-order valence-electron chi connectivity index (χ0n) is 16.4. The van der Waals surface area contributed by atoms with Crippen LogP contribution in [0, 0.1) is 12.8 Å². The standard InChI is InChI=1S/C18H20N6O5S/c1-10-3-5-19-24(10)18-22-21-17(30-18)20-15(26)13-7-12(14(28-2)16(27)29-13)23-6-4-11(8-23)9-25/h3,5,7,11,25H,4,6,8-9H2,1-2H3,(H,20,21,26)/t11-/m1/s1. The average molecular weight is 432 g/mol. The maximum absolute atomic E-state index is 12.7. The summed E-state index contributed by atoms with van der Waals surface area (Å²) in [5.41, 5.74) is 0.583. The molecule has 4 heterocycles. The Labute approximate surface area is 174 Å². The lowest BCUT2D eigenvalue weighted by Gasteiger charge is -2.20. The molecule has 158 valence electrons.